The predicted octanol–water partition coefficient (Wildman–Crippen LogP) is 2.05. The molecule has 0 saturated carbocycles. The van der Waals surface area contributed by atoms with Crippen LogP contribution in [0.1, 0.15) is 17.6 Å². The summed E-state index contributed by atoms with van der Waals surface area (Å²) < 4.78 is 25.1. The molecule has 0 aliphatic carbocycles. The van der Waals surface area contributed by atoms with Crippen molar-refractivity contribution < 1.29 is 8.78 Å². The van der Waals surface area contributed by atoms with Crippen molar-refractivity contribution in [2.75, 3.05) is 31.1 Å². The van der Waals surface area contributed by atoms with Crippen LogP contribution in [-0.2, 0) is 6.54 Å². The van der Waals surface area contributed by atoms with Crippen LogP contribution in [0, 0.1) is 0 Å². The van der Waals surface area contributed by atoms with Crippen LogP contribution in [-0.4, -0.2) is 47.0 Å². The maximum absolute atomic E-state index is 12.5. The van der Waals surface area contributed by atoms with E-state index in [1.54, 1.807) is 30.6 Å². The fourth-order valence-electron chi connectivity index (χ4n) is 2.63. The molecule has 1 aromatic carbocycles. The Morgan fingerprint density at radius 3 is 2.32 bits per heavy atom. The summed E-state index contributed by atoms with van der Waals surface area (Å²) in [5.41, 5.74) is 6.93. The van der Waals surface area contributed by atoms with Gasteiger partial charge in [-0.2, -0.15) is 0 Å². The smallest absolute Gasteiger partial charge is 0.263 e. The van der Waals surface area contributed by atoms with Gasteiger partial charge in [0, 0.05) is 44.1 Å². The number of piperazine rings is 1. The van der Waals surface area contributed by atoms with Crippen LogP contribution in [0.2, 0.25) is 0 Å². The van der Waals surface area contributed by atoms with Gasteiger partial charge < -0.3 is 15.5 Å². The molecule has 6 nitrogen and oxygen atoms in total. The Balaban J connectivity index is 1.53. The molecular formula is C17H20F2N6. The third kappa shape index (κ3) is 4.40. The van der Waals surface area contributed by atoms with E-state index < -0.39 is 6.43 Å². The van der Waals surface area contributed by atoms with E-state index in [1.807, 2.05) is 4.90 Å². The number of halogens is 2. The van der Waals surface area contributed by atoms with E-state index in [0.29, 0.717) is 12.5 Å². The molecule has 1 aliphatic heterocycles. The fourth-order valence-corrected chi connectivity index (χ4v) is 2.63. The second-order valence-corrected chi connectivity index (χ2v) is 5.74. The minimum Gasteiger partial charge on any atom is -0.370 e. The number of hydrogen-bond acceptors (Lipinski definition) is 4. The molecule has 2 aromatic rings. The normalized spacial score (nSPS) is 15.7. The minimum absolute atomic E-state index is 0.0138. The van der Waals surface area contributed by atoms with Gasteiger partial charge in [0.05, 0.1) is 6.54 Å². The van der Waals surface area contributed by atoms with Crippen molar-refractivity contribution in [1.29, 1.82) is 0 Å². The van der Waals surface area contributed by atoms with E-state index in [9.17, 15) is 8.78 Å². The Morgan fingerprint density at radius 1 is 1.08 bits per heavy atom. The number of anilines is 1. The zero-order valence-corrected chi connectivity index (χ0v) is 13.7. The molecule has 1 aromatic heterocycles. The second kappa shape index (κ2) is 7.87. The number of rotatable bonds is 4. The molecule has 0 unspecified atom stereocenters. The summed E-state index contributed by atoms with van der Waals surface area (Å²) in [5.74, 6) is 1.18. The van der Waals surface area contributed by atoms with Crippen molar-refractivity contribution in [3.63, 3.8) is 0 Å². The average Bonchev–Trinajstić information content (AvgIpc) is 2.67. The molecular weight excluding hydrogens is 326 g/mol. The maximum atomic E-state index is 12.5. The third-order valence-corrected chi connectivity index (χ3v) is 4.09. The molecule has 3 rings (SSSR count). The Hall–Kier alpha value is -2.77. The number of guanidine groups is 1. The first kappa shape index (κ1) is 17.1. The lowest BCUT2D eigenvalue weighted by Crippen LogP contribution is -2.51. The largest absolute Gasteiger partial charge is 0.370 e. The first-order valence-corrected chi connectivity index (χ1v) is 8.07. The molecule has 0 spiro atoms. The highest BCUT2D eigenvalue weighted by Gasteiger charge is 2.19. The van der Waals surface area contributed by atoms with Crippen LogP contribution in [0.3, 0.4) is 0 Å². The van der Waals surface area contributed by atoms with E-state index in [4.69, 9.17) is 5.73 Å². The van der Waals surface area contributed by atoms with Crippen molar-refractivity contribution in [2.24, 2.45) is 10.7 Å². The first-order valence-electron chi connectivity index (χ1n) is 8.07. The van der Waals surface area contributed by atoms with Crippen molar-refractivity contribution >= 4 is 11.9 Å². The summed E-state index contributed by atoms with van der Waals surface area (Å²) in [5, 5.41) is 0. The molecule has 1 fully saturated rings. The lowest BCUT2D eigenvalue weighted by Gasteiger charge is -2.35. The summed E-state index contributed by atoms with van der Waals surface area (Å²) in [6, 6.07) is 7.94. The van der Waals surface area contributed by atoms with Gasteiger partial charge in [0.15, 0.2) is 5.96 Å². The Kier molecular flexibility index (Phi) is 5.37. The van der Waals surface area contributed by atoms with Crippen LogP contribution < -0.4 is 10.6 Å². The Bertz CT molecular complexity index is 697. The van der Waals surface area contributed by atoms with Crippen LogP contribution >= 0.6 is 0 Å². The molecule has 132 valence electrons. The maximum Gasteiger partial charge on any atom is 0.263 e. The molecule has 8 heteroatoms. The van der Waals surface area contributed by atoms with Gasteiger partial charge in [0.25, 0.3) is 6.43 Å². The van der Waals surface area contributed by atoms with Crippen molar-refractivity contribution in [3.05, 3.63) is 53.9 Å². The van der Waals surface area contributed by atoms with Crippen molar-refractivity contribution in [1.82, 2.24) is 14.9 Å². The van der Waals surface area contributed by atoms with Crippen LogP contribution in [0.25, 0.3) is 0 Å². The molecule has 0 amide bonds. The third-order valence-electron chi connectivity index (χ3n) is 4.09. The van der Waals surface area contributed by atoms with Gasteiger partial charge in [0.1, 0.15) is 0 Å². The minimum atomic E-state index is -2.45. The number of hydrogen-bond donors (Lipinski definition) is 1. The molecule has 0 bridgehead atoms. The van der Waals surface area contributed by atoms with Gasteiger partial charge in [-0.05, 0) is 11.6 Å². The summed E-state index contributed by atoms with van der Waals surface area (Å²) in [6.45, 7) is 3.37. The number of nitrogens with zero attached hydrogens (tertiary/aromatic N) is 5. The highest BCUT2D eigenvalue weighted by molar-refractivity contribution is 5.78. The lowest BCUT2D eigenvalue weighted by atomic mass is 10.1. The summed E-state index contributed by atoms with van der Waals surface area (Å²) in [4.78, 5) is 17.0. The quantitative estimate of drug-likeness (QED) is 0.678. The molecule has 0 atom stereocenters. The fraction of sp³-hybridized carbons (Fsp3) is 0.353. The number of aromatic nitrogens is 2. The molecule has 2 heterocycles. The zero-order valence-electron chi connectivity index (χ0n) is 13.7. The SMILES string of the molecule is NC(=NCc1ccc(C(F)F)cc1)N1CCN(c2ncccn2)CC1. The summed E-state index contributed by atoms with van der Waals surface area (Å²) in [7, 11) is 0. The number of benzene rings is 1. The lowest BCUT2D eigenvalue weighted by molar-refractivity contribution is 0.151. The predicted molar refractivity (Wildman–Crippen MR) is 92.5 cm³/mol. The van der Waals surface area contributed by atoms with Crippen molar-refractivity contribution in [2.45, 2.75) is 13.0 Å². The highest BCUT2D eigenvalue weighted by atomic mass is 19.3. The van der Waals surface area contributed by atoms with Gasteiger partial charge >= 0.3 is 0 Å². The standard InChI is InChI=1S/C17H20F2N6/c18-15(19)14-4-2-13(3-5-14)12-23-16(20)24-8-10-25(11-9-24)17-21-6-1-7-22-17/h1-7,15H,8-12H2,(H2,20,23). The number of alkyl halides is 2. The topological polar surface area (TPSA) is 70.6 Å². The first-order chi connectivity index (χ1) is 12.1. The van der Waals surface area contributed by atoms with Gasteiger partial charge in [-0.25, -0.2) is 23.7 Å². The highest BCUT2D eigenvalue weighted by Crippen LogP contribution is 2.19. The van der Waals surface area contributed by atoms with E-state index in [1.165, 1.54) is 12.1 Å². The van der Waals surface area contributed by atoms with Gasteiger partial charge in [-0.1, -0.05) is 24.3 Å². The molecule has 1 aliphatic rings. The molecule has 2 N–H and O–H groups in total. The Labute approximate surface area is 145 Å². The van der Waals surface area contributed by atoms with Crippen molar-refractivity contribution in [3.8, 4) is 0 Å². The summed E-state index contributed by atoms with van der Waals surface area (Å²) in [6.07, 6.45) is 1.00. The van der Waals surface area contributed by atoms with Gasteiger partial charge in [-0.15, -0.1) is 0 Å². The zero-order chi connectivity index (χ0) is 17.6. The second-order valence-electron chi connectivity index (χ2n) is 5.74. The number of aliphatic imine (C=N–C) groups is 1. The molecule has 1 saturated heterocycles. The summed E-state index contributed by atoms with van der Waals surface area (Å²) >= 11 is 0. The Morgan fingerprint density at radius 2 is 1.72 bits per heavy atom. The van der Waals surface area contributed by atoms with E-state index in [-0.39, 0.29) is 5.56 Å². The molecule has 25 heavy (non-hydrogen) atoms. The van der Waals surface area contributed by atoms with E-state index >= 15 is 0 Å². The van der Waals surface area contributed by atoms with E-state index in [0.717, 1.165) is 37.7 Å². The number of nitrogens with two attached hydrogens (primary N) is 1. The molecule has 0 radical (unpaired) electrons. The van der Waals surface area contributed by atoms with E-state index in [2.05, 4.69) is 19.9 Å². The van der Waals surface area contributed by atoms with Crippen LogP contribution in [0.4, 0.5) is 14.7 Å². The van der Waals surface area contributed by atoms with Crippen LogP contribution in [0.5, 0.6) is 0 Å². The van der Waals surface area contributed by atoms with Gasteiger partial charge in [-0.3, -0.25) is 0 Å². The monoisotopic (exact) mass is 346 g/mol. The van der Waals surface area contributed by atoms with Gasteiger partial charge in [0.2, 0.25) is 5.95 Å². The van der Waals surface area contributed by atoms with Crippen LogP contribution in [0.15, 0.2) is 47.7 Å². The average molecular weight is 346 g/mol.